The fourth-order valence-corrected chi connectivity index (χ4v) is 3.59. The summed E-state index contributed by atoms with van der Waals surface area (Å²) in [6.45, 7) is 4.03. The number of fused-ring (bicyclic) bond motifs is 1. The van der Waals surface area contributed by atoms with Crippen LogP contribution < -0.4 is 0 Å². The number of hydrogen-bond donors (Lipinski definition) is 0. The molecule has 152 valence electrons. The number of carbonyl (C=O) groups is 1. The van der Waals surface area contributed by atoms with Crippen LogP contribution in [-0.2, 0) is 17.7 Å². The third kappa shape index (κ3) is 4.63. The van der Waals surface area contributed by atoms with Crippen LogP contribution in [0.4, 0.5) is 4.39 Å². The highest BCUT2D eigenvalue weighted by Gasteiger charge is 2.23. The van der Waals surface area contributed by atoms with Crippen molar-refractivity contribution in [2.45, 2.75) is 13.0 Å². The van der Waals surface area contributed by atoms with Gasteiger partial charge in [-0.25, -0.2) is 9.37 Å². The monoisotopic (exact) mass is 397 g/mol. The van der Waals surface area contributed by atoms with Gasteiger partial charge >= 0.3 is 0 Å². The molecule has 6 nitrogen and oxygen atoms in total. The third-order valence-corrected chi connectivity index (χ3v) is 5.15. The highest BCUT2D eigenvalue weighted by atomic mass is 19.1. The van der Waals surface area contributed by atoms with Crippen molar-refractivity contribution in [2.24, 2.45) is 0 Å². The molecule has 2 heterocycles. The Bertz CT molecular complexity index is 996. The standard InChI is InChI=1S/C22H24FN3O3/c1-28-12-7-21-24-19-6-5-17(14-20(19)29-21)22(27)26-10-8-25(9-11-26)15-16-3-2-4-18(23)13-16/h2-6,13-14H,7-12,15H2,1H3. The number of methoxy groups -OCH3 is 1. The van der Waals surface area contributed by atoms with Gasteiger partial charge < -0.3 is 14.1 Å². The van der Waals surface area contributed by atoms with Gasteiger partial charge in [0.2, 0.25) is 0 Å². The van der Waals surface area contributed by atoms with Crippen molar-refractivity contribution in [3.63, 3.8) is 0 Å². The van der Waals surface area contributed by atoms with Gasteiger partial charge in [0.15, 0.2) is 11.5 Å². The van der Waals surface area contributed by atoms with Crippen molar-refractivity contribution in [1.29, 1.82) is 0 Å². The number of aromatic nitrogens is 1. The van der Waals surface area contributed by atoms with E-state index in [1.165, 1.54) is 6.07 Å². The molecule has 0 spiro atoms. The van der Waals surface area contributed by atoms with Crippen molar-refractivity contribution in [3.05, 3.63) is 65.3 Å². The number of amides is 1. The van der Waals surface area contributed by atoms with Crippen LogP contribution in [-0.4, -0.2) is 60.6 Å². The van der Waals surface area contributed by atoms with Crippen LogP contribution in [0.3, 0.4) is 0 Å². The van der Waals surface area contributed by atoms with E-state index in [0.29, 0.717) is 49.7 Å². The predicted molar refractivity (Wildman–Crippen MR) is 107 cm³/mol. The maximum absolute atomic E-state index is 13.4. The molecule has 1 aliphatic heterocycles. The van der Waals surface area contributed by atoms with Crippen molar-refractivity contribution in [3.8, 4) is 0 Å². The molecule has 1 amide bonds. The summed E-state index contributed by atoms with van der Waals surface area (Å²) in [5, 5.41) is 0. The summed E-state index contributed by atoms with van der Waals surface area (Å²) in [7, 11) is 1.64. The molecular weight excluding hydrogens is 373 g/mol. The average molecular weight is 397 g/mol. The molecule has 1 aromatic heterocycles. The lowest BCUT2D eigenvalue weighted by molar-refractivity contribution is 0.0628. The molecule has 0 saturated carbocycles. The number of nitrogens with zero attached hydrogens (tertiary/aromatic N) is 3. The summed E-state index contributed by atoms with van der Waals surface area (Å²) in [5.41, 5.74) is 2.91. The first-order chi connectivity index (χ1) is 14.1. The van der Waals surface area contributed by atoms with Gasteiger partial charge in [0.1, 0.15) is 11.3 Å². The Kier molecular flexibility index (Phi) is 5.87. The summed E-state index contributed by atoms with van der Waals surface area (Å²) < 4.78 is 24.2. The van der Waals surface area contributed by atoms with Crippen molar-refractivity contribution < 1.29 is 18.3 Å². The van der Waals surface area contributed by atoms with Crippen molar-refractivity contribution >= 4 is 17.0 Å². The van der Waals surface area contributed by atoms with Crippen molar-refractivity contribution in [2.75, 3.05) is 39.9 Å². The lowest BCUT2D eigenvalue weighted by Crippen LogP contribution is -2.48. The second-order valence-corrected chi connectivity index (χ2v) is 7.23. The van der Waals surface area contributed by atoms with Crippen molar-refractivity contribution in [1.82, 2.24) is 14.8 Å². The SMILES string of the molecule is COCCc1nc2ccc(C(=O)N3CCN(Cc4cccc(F)c4)CC3)cc2o1. The fourth-order valence-electron chi connectivity index (χ4n) is 3.59. The highest BCUT2D eigenvalue weighted by molar-refractivity contribution is 5.97. The molecule has 1 fully saturated rings. The van der Waals surface area contributed by atoms with E-state index in [9.17, 15) is 9.18 Å². The molecule has 7 heteroatoms. The van der Waals surface area contributed by atoms with Gasteiger partial charge in [-0.3, -0.25) is 9.69 Å². The quantitative estimate of drug-likeness (QED) is 0.640. The molecule has 0 bridgehead atoms. The van der Waals surface area contributed by atoms with Crippen LogP contribution in [0, 0.1) is 5.82 Å². The number of rotatable bonds is 6. The van der Waals surface area contributed by atoms with Gasteiger partial charge in [-0.1, -0.05) is 12.1 Å². The topological polar surface area (TPSA) is 58.8 Å². The van der Waals surface area contributed by atoms with E-state index in [4.69, 9.17) is 9.15 Å². The lowest BCUT2D eigenvalue weighted by atomic mass is 10.1. The zero-order valence-corrected chi connectivity index (χ0v) is 16.4. The molecule has 29 heavy (non-hydrogen) atoms. The summed E-state index contributed by atoms with van der Waals surface area (Å²) in [4.78, 5) is 21.4. The second kappa shape index (κ2) is 8.71. The van der Waals surface area contributed by atoms with Gasteiger partial charge in [-0.05, 0) is 35.9 Å². The predicted octanol–water partition coefficient (Wildman–Crippen LogP) is 3.11. The minimum Gasteiger partial charge on any atom is -0.441 e. The van der Waals surface area contributed by atoms with Crippen LogP contribution in [0.15, 0.2) is 46.9 Å². The molecule has 1 aliphatic rings. The molecule has 2 aromatic carbocycles. The Labute approximate surface area is 168 Å². The maximum atomic E-state index is 13.4. The summed E-state index contributed by atoms with van der Waals surface area (Å²) in [6, 6.07) is 12.0. The smallest absolute Gasteiger partial charge is 0.254 e. The van der Waals surface area contributed by atoms with E-state index in [1.54, 1.807) is 31.4 Å². The van der Waals surface area contributed by atoms with Crippen LogP contribution in [0.5, 0.6) is 0 Å². The Hall–Kier alpha value is -2.77. The molecule has 0 N–H and O–H groups in total. The molecule has 0 radical (unpaired) electrons. The zero-order chi connectivity index (χ0) is 20.2. The number of hydrogen-bond acceptors (Lipinski definition) is 5. The Morgan fingerprint density at radius 3 is 2.76 bits per heavy atom. The Morgan fingerprint density at radius 2 is 2.00 bits per heavy atom. The minimum atomic E-state index is -0.218. The lowest BCUT2D eigenvalue weighted by Gasteiger charge is -2.34. The van der Waals surface area contributed by atoms with Crippen LogP contribution in [0.2, 0.25) is 0 Å². The van der Waals surface area contributed by atoms with Crippen LogP contribution in [0.1, 0.15) is 21.8 Å². The molecular formula is C22H24FN3O3. The first-order valence-electron chi connectivity index (χ1n) is 9.77. The summed E-state index contributed by atoms with van der Waals surface area (Å²) in [6.07, 6.45) is 0.599. The second-order valence-electron chi connectivity index (χ2n) is 7.23. The number of halogens is 1. The minimum absolute atomic E-state index is 0.00727. The van der Waals surface area contributed by atoms with Crippen LogP contribution >= 0.6 is 0 Å². The Morgan fingerprint density at radius 1 is 1.17 bits per heavy atom. The van der Waals surface area contributed by atoms with Gasteiger partial charge in [-0.2, -0.15) is 0 Å². The zero-order valence-electron chi connectivity index (χ0n) is 16.4. The normalized spacial score (nSPS) is 15.2. The van der Waals surface area contributed by atoms with Crippen LogP contribution in [0.25, 0.3) is 11.1 Å². The fraction of sp³-hybridized carbons (Fsp3) is 0.364. The number of oxazole rings is 1. The van der Waals surface area contributed by atoms with E-state index in [-0.39, 0.29) is 11.7 Å². The number of piperazine rings is 1. The highest BCUT2D eigenvalue weighted by Crippen LogP contribution is 2.20. The number of carbonyl (C=O) groups excluding carboxylic acids is 1. The average Bonchev–Trinajstić information content (AvgIpc) is 3.14. The van der Waals surface area contributed by atoms with E-state index in [2.05, 4.69) is 9.88 Å². The maximum Gasteiger partial charge on any atom is 0.254 e. The van der Waals surface area contributed by atoms with Gasteiger partial charge in [0, 0.05) is 51.8 Å². The third-order valence-electron chi connectivity index (χ3n) is 5.15. The largest absolute Gasteiger partial charge is 0.441 e. The first-order valence-corrected chi connectivity index (χ1v) is 9.77. The molecule has 0 atom stereocenters. The molecule has 4 rings (SSSR count). The molecule has 3 aromatic rings. The number of ether oxygens (including phenoxy) is 1. The molecule has 0 aliphatic carbocycles. The Balaban J connectivity index is 1.37. The summed E-state index contributed by atoms with van der Waals surface area (Å²) in [5.74, 6) is 0.383. The van der Waals surface area contributed by atoms with Gasteiger partial charge in [0.25, 0.3) is 5.91 Å². The summed E-state index contributed by atoms with van der Waals surface area (Å²) >= 11 is 0. The van der Waals surface area contributed by atoms with Gasteiger partial charge in [0.05, 0.1) is 6.61 Å². The van der Waals surface area contributed by atoms with E-state index >= 15 is 0 Å². The molecule has 0 unspecified atom stereocenters. The molecule has 1 saturated heterocycles. The van der Waals surface area contributed by atoms with E-state index < -0.39 is 0 Å². The number of benzene rings is 2. The van der Waals surface area contributed by atoms with Gasteiger partial charge in [-0.15, -0.1) is 0 Å². The first kappa shape index (κ1) is 19.5. The van der Waals surface area contributed by atoms with E-state index in [0.717, 1.165) is 24.2 Å². The van der Waals surface area contributed by atoms with E-state index in [1.807, 2.05) is 17.0 Å².